The van der Waals surface area contributed by atoms with Gasteiger partial charge in [0.15, 0.2) is 0 Å². The molecule has 8 bridgehead atoms. The van der Waals surface area contributed by atoms with Crippen LogP contribution in [0.4, 0.5) is 15.3 Å². The monoisotopic (exact) mass is 2120 g/mol. The van der Waals surface area contributed by atoms with Gasteiger partial charge in [-0.25, -0.2) is 9.59 Å². The smallest absolute Gasteiger partial charge is 0.410 e. The normalized spacial score (nSPS) is 20.8. The van der Waals surface area contributed by atoms with Crippen molar-refractivity contribution >= 4 is 129 Å². The number of methoxy groups -OCH3 is 1. The maximum absolute atomic E-state index is 16.7. The molecular weight excluding hydrogens is 1970 g/mol. The number of hydrogen-bond donors (Lipinski definition) is 17. The number of aromatic amines is 1. The maximum atomic E-state index is 16.7. The number of anilines is 1. The molecule has 49 nitrogen and oxygen atoms in total. The number of H-pyrrole nitrogens is 1. The maximum Gasteiger partial charge on any atom is 0.410 e. The van der Waals surface area contributed by atoms with Gasteiger partial charge in [-0.05, 0) is 92.7 Å². The summed E-state index contributed by atoms with van der Waals surface area (Å²) in [5.41, 5.74) is 9.07. The molecule has 1 saturated carbocycles. The number of likely N-dealkylation sites (N-methyl/N-ethyl adjacent to an activating group) is 1. The van der Waals surface area contributed by atoms with Gasteiger partial charge in [0.05, 0.1) is 174 Å². The molecule has 0 radical (unpaired) electrons. The highest BCUT2D eigenvalue weighted by Gasteiger charge is 2.62. The van der Waals surface area contributed by atoms with E-state index in [1.165, 1.54) is 92.9 Å². The largest absolute Gasteiger partial charge is 0.465 e. The van der Waals surface area contributed by atoms with Gasteiger partial charge in [0.25, 0.3) is 17.4 Å². The molecule has 6 aliphatic heterocycles. The number of hydrogen-bond acceptors (Lipinski definition) is 31. The van der Waals surface area contributed by atoms with Crippen molar-refractivity contribution in [2.45, 2.75) is 227 Å². The first-order chi connectivity index (χ1) is 71.9. The van der Waals surface area contributed by atoms with Crippen LogP contribution in [0.3, 0.4) is 0 Å². The lowest BCUT2D eigenvalue weighted by atomic mass is 9.87. The second-order valence-corrected chi connectivity index (χ2v) is 38.5. The number of piperidine rings is 1. The topological polar surface area (TPSA) is 657 Å². The van der Waals surface area contributed by atoms with Crippen LogP contribution in [-0.4, -0.2) is 400 Å². The number of nitrogens with one attached hydrogen (secondary N) is 13. The van der Waals surface area contributed by atoms with E-state index in [4.69, 9.17) is 63.6 Å². The zero-order chi connectivity index (χ0) is 107. The highest BCUT2D eigenvalue weighted by atomic mass is 32.2. The number of carbonyl (C=O) groups is 17. The van der Waals surface area contributed by atoms with Crippen LogP contribution in [0.1, 0.15) is 160 Å². The third-order valence-electron chi connectivity index (χ3n) is 26.4. The number of ether oxygens (including phenoxy) is 11. The molecule has 19 N–H and O–H groups in total. The summed E-state index contributed by atoms with van der Waals surface area (Å²) >= 11 is 0.905. The number of carbonyl (C=O) groups excluding carboxylic acids is 17. The molecule has 3 aromatic rings. The van der Waals surface area contributed by atoms with E-state index in [0.29, 0.717) is 82.9 Å². The Bertz CT molecular complexity index is 4830. The Morgan fingerprint density at radius 3 is 1.85 bits per heavy atom. The molecule has 18 amide bonds. The van der Waals surface area contributed by atoms with Crippen LogP contribution in [0.5, 0.6) is 5.75 Å². The second kappa shape index (κ2) is 65.4. The molecule has 7 aliphatic rings. The summed E-state index contributed by atoms with van der Waals surface area (Å²) in [5.74, 6) is -14.1. The Morgan fingerprint density at radius 2 is 1.23 bits per heavy atom. The first kappa shape index (κ1) is 121. The first-order valence-electron chi connectivity index (χ1n) is 51.6. The number of amides is 18. The molecule has 2 aromatic carbocycles. The summed E-state index contributed by atoms with van der Waals surface area (Å²) in [6.45, 7) is 3.01. The van der Waals surface area contributed by atoms with E-state index < -0.39 is 214 Å². The van der Waals surface area contributed by atoms with Crippen molar-refractivity contribution in [2.24, 2.45) is 23.3 Å². The number of aromatic nitrogens is 1. The number of fused-ring (bicyclic) bond motifs is 8. The number of thioether (sulfide) groups is 1. The van der Waals surface area contributed by atoms with Crippen LogP contribution >= 0.6 is 11.8 Å². The highest BCUT2D eigenvalue weighted by Crippen LogP contribution is 2.40. The highest BCUT2D eigenvalue weighted by molar-refractivity contribution is 7.99. The van der Waals surface area contributed by atoms with Crippen LogP contribution in [0.2, 0.25) is 0 Å². The standard InChI is InChI=1S/C99H153N19O30S/c1-5-64(2)86-92(132)105-59-83(124)109-78-63-149-93-72-56-76(88(128)104-60-84(125)114-86)110-90(130)75(54-69(120)61-119)113-95(134)99(148-70-24-25-71(72)74(55-70)112-93,79-19-15-31-118(79)94(133)77(57-80(100)121)111-91(78)131)96(135)115(3)34-35-117(36-39-141-44-47-145-52-50-144-46-43-140-38-29-85(126)116-32-26-66(27-33-116)87(127)106-67-16-12-10-8-6-7-9-11-13-17-67)98(137)147-62-65-20-22-68(23-21-65)107-89(129)73(18-14-30-102-97(101)136)108-82(123)58-103-81(122)28-37-139-42-45-143-51-53-146-49-48-142-41-40-138-4/h20-25,55,64,66-67,69,73,75-79,86,112,119-120H,5-19,26-54,56-63H2,1-4H3,(H2,100,121)(H,103,122)(H,104,128)(H,105,132)(H,106,127)(H,107,129)(H,108,123)(H,109,124)(H,110,130)(H,111,131)(H,113,134)(H,114,125)(H3,101,102,136)/t64-,69+,73-,75-,76+,77-,78-,79-,86-,99?/m0/s1. The Morgan fingerprint density at radius 1 is 0.624 bits per heavy atom. The minimum Gasteiger partial charge on any atom is -0.465 e. The molecule has 0 spiro atoms. The average molecular weight is 2120 g/mol. The summed E-state index contributed by atoms with van der Waals surface area (Å²) in [7, 11) is 2.82. The molecule has 50 heteroatoms. The fraction of sp³-hybridized carbons (Fsp3) is 0.687. The third kappa shape index (κ3) is 40.8. The Labute approximate surface area is 870 Å². The number of primary amides is 2. The Hall–Kier alpha value is -11.7. The summed E-state index contributed by atoms with van der Waals surface area (Å²) in [5, 5.41) is 53.9. The van der Waals surface area contributed by atoms with Crippen LogP contribution < -0.4 is 80.0 Å². The predicted molar refractivity (Wildman–Crippen MR) is 539 cm³/mol. The van der Waals surface area contributed by atoms with E-state index in [2.05, 4.69) is 68.8 Å². The average Bonchev–Trinajstić information content (AvgIpc) is 1.66. The lowest BCUT2D eigenvalue weighted by Crippen LogP contribution is -2.72. The van der Waals surface area contributed by atoms with Gasteiger partial charge in [-0.2, -0.15) is 0 Å². The Balaban J connectivity index is 0.912. The minimum absolute atomic E-state index is 0.00153. The van der Waals surface area contributed by atoms with Crippen LogP contribution in [-0.2, 0) is 132 Å². The molecule has 10 atom stereocenters. The second-order valence-electron chi connectivity index (χ2n) is 37.5. The number of benzene rings is 2. The Kier molecular flexibility index (Phi) is 53.0. The molecule has 1 aromatic heterocycles. The number of aliphatic hydroxyl groups excluding tert-OH is 2. The third-order valence-corrected chi connectivity index (χ3v) is 27.5. The lowest BCUT2D eigenvalue weighted by Gasteiger charge is -2.43. The van der Waals surface area contributed by atoms with E-state index in [-0.39, 0.29) is 188 Å². The number of likely N-dealkylation sites (tertiary alicyclic amines) is 1. The van der Waals surface area contributed by atoms with Crippen molar-refractivity contribution in [1.82, 2.24) is 83.1 Å². The molecule has 7 heterocycles. The summed E-state index contributed by atoms with van der Waals surface area (Å²) < 4.78 is 62.9. The molecular formula is C99H153N19O30S. The van der Waals surface area contributed by atoms with Gasteiger partial charge in [-0.1, -0.05) is 83.8 Å². The van der Waals surface area contributed by atoms with Crippen LogP contribution in [0.25, 0.3) is 10.9 Å². The molecule has 830 valence electrons. The zero-order valence-electron chi connectivity index (χ0n) is 85.8. The summed E-state index contributed by atoms with van der Waals surface area (Å²) in [4.78, 5) is 251. The van der Waals surface area contributed by atoms with E-state index in [1.807, 2.05) is 0 Å². The zero-order valence-corrected chi connectivity index (χ0v) is 86.7. The summed E-state index contributed by atoms with van der Waals surface area (Å²) in [6.07, 6.45) is 8.13. The van der Waals surface area contributed by atoms with Crippen LogP contribution in [0, 0.1) is 11.8 Å². The SMILES string of the molecule is CC[C@H](C)[C@@H]1NC(=O)CNC(=O)[C@H]2Cc3c4[nH]c5cc(ccc35)OC(C(=O)N(C)CCN(CCOCCOCCOCCOCCC(=O)N3CCC(C(=O)NC5CCCCCCCCCC5)CC3)C(=O)OCc3ccc(NC(=O)[C@H](CCCNC(N)=O)NC(=O)CNC(=O)CCOCCOCCOCCOCCOC)cc3)(C(=O)N[C@@H](C[C@@H](O)CO)C(=O)N2)[C@@H]2CCCN2C(=O)[C@H](CC(N)=O)NC(=O)[C@H](CS4)NC(=O)CNC1=O. The predicted octanol–water partition coefficient (Wildman–Crippen LogP) is -1.44. The number of rotatable bonds is 54. The molecule has 1 unspecified atom stereocenters. The van der Waals surface area contributed by atoms with Gasteiger partial charge in [-0.3, -0.25) is 71.9 Å². The van der Waals surface area contributed by atoms with Gasteiger partial charge in [0.1, 0.15) is 48.6 Å². The van der Waals surface area contributed by atoms with Crippen molar-refractivity contribution in [3.63, 3.8) is 0 Å². The minimum atomic E-state index is -3.14. The molecule has 10 rings (SSSR count). The van der Waals surface area contributed by atoms with Crippen molar-refractivity contribution in [2.75, 3.05) is 210 Å². The van der Waals surface area contributed by atoms with Crippen molar-refractivity contribution < 1.29 is 144 Å². The van der Waals surface area contributed by atoms with E-state index in [1.54, 1.807) is 25.9 Å². The molecule has 2 saturated heterocycles. The van der Waals surface area contributed by atoms with Crippen LogP contribution in [0.15, 0.2) is 47.5 Å². The molecule has 149 heavy (non-hydrogen) atoms. The van der Waals surface area contributed by atoms with E-state index in [0.717, 1.165) is 47.2 Å². The van der Waals surface area contributed by atoms with Gasteiger partial charge < -0.3 is 162 Å². The van der Waals surface area contributed by atoms with E-state index in [9.17, 15) is 67.7 Å². The number of urea groups is 1. The fourth-order valence-corrected chi connectivity index (χ4v) is 19.0. The molecule has 1 aliphatic carbocycles. The van der Waals surface area contributed by atoms with Crippen molar-refractivity contribution in [3.8, 4) is 5.75 Å². The van der Waals surface area contributed by atoms with Gasteiger partial charge in [0.2, 0.25) is 76.8 Å². The van der Waals surface area contributed by atoms with Crippen molar-refractivity contribution in [3.05, 3.63) is 53.6 Å². The lowest BCUT2D eigenvalue weighted by molar-refractivity contribution is -0.167. The number of aliphatic hydroxyl groups is 2. The summed E-state index contributed by atoms with van der Waals surface area (Å²) in [6, 6.07) is -1.93. The van der Waals surface area contributed by atoms with E-state index >= 15 is 24.0 Å². The number of nitrogens with two attached hydrogens (primary N) is 2. The number of nitrogens with zero attached hydrogens (tertiary/aromatic N) is 4. The van der Waals surface area contributed by atoms with Gasteiger partial charge in [-0.15, -0.1) is 11.8 Å². The van der Waals surface area contributed by atoms with Gasteiger partial charge in [0, 0.05) is 114 Å². The first-order valence-corrected chi connectivity index (χ1v) is 52.6. The fourth-order valence-electron chi connectivity index (χ4n) is 17.8. The molecule has 3 fully saturated rings. The quantitative estimate of drug-likeness (QED) is 0.0227. The van der Waals surface area contributed by atoms with Crippen molar-refractivity contribution in [1.29, 1.82) is 0 Å². The van der Waals surface area contributed by atoms with Gasteiger partial charge >= 0.3 is 12.1 Å².